The molecule has 0 saturated carbocycles. The van der Waals surface area contributed by atoms with E-state index in [4.69, 9.17) is 10.2 Å². The molecule has 5 N–H and O–H groups in total. The van der Waals surface area contributed by atoms with Crippen LogP contribution < -0.4 is 16.2 Å². The van der Waals surface area contributed by atoms with Crippen LogP contribution in [0.1, 0.15) is 34.6 Å². The molecule has 0 saturated heterocycles. The normalized spacial score (nSPS) is 11.7. The number of carbonyl (C=O) groups excluding carboxylic acids is 1. The van der Waals surface area contributed by atoms with Crippen LogP contribution in [0.25, 0.3) is 10.9 Å². The molecule has 1 aromatic heterocycles. The fraction of sp³-hybridized carbons (Fsp3) is 0.227. The van der Waals surface area contributed by atoms with Gasteiger partial charge in [-0.15, -0.1) is 0 Å². The number of carboxylic acids is 2. The highest BCUT2D eigenvalue weighted by Gasteiger charge is 2.23. The smallest absolute Gasteiger partial charge is 0.326 e. The van der Waals surface area contributed by atoms with Crippen molar-refractivity contribution in [2.75, 3.05) is 5.32 Å². The van der Waals surface area contributed by atoms with Crippen LogP contribution in [0.2, 0.25) is 0 Å². The molecule has 0 aliphatic carbocycles. The average molecular weight is 456 g/mol. The Morgan fingerprint density at radius 3 is 2.58 bits per heavy atom. The predicted molar refractivity (Wildman–Crippen MR) is 117 cm³/mol. The summed E-state index contributed by atoms with van der Waals surface area (Å²) in [5, 5.41) is 23.4. The van der Waals surface area contributed by atoms with E-state index in [9.17, 15) is 23.6 Å². The molecule has 0 aliphatic rings. The van der Waals surface area contributed by atoms with Gasteiger partial charge >= 0.3 is 11.9 Å². The summed E-state index contributed by atoms with van der Waals surface area (Å²) in [5.41, 5.74) is 1.03. The van der Waals surface area contributed by atoms with Crippen LogP contribution in [0.5, 0.6) is 0 Å². The summed E-state index contributed by atoms with van der Waals surface area (Å²) in [6.45, 7) is 1.88. The van der Waals surface area contributed by atoms with E-state index in [2.05, 4.69) is 20.6 Å². The highest BCUT2D eigenvalue weighted by atomic mass is 19.1. The van der Waals surface area contributed by atoms with Crippen molar-refractivity contribution in [3.8, 4) is 0 Å². The summed E-state index contributed by atoms with van der Waals surface area (Å²) in [4.78, 5) is 53.1. The number of rotatable bonds is 9. The van der Waals surface area contributed by atoms with Crippen LogP contribution in [0.15, 0.2) is 41.2 Å². The number of fused-ring (bicyclic) bond motifs is 1. The third-order valence-corrected chi connectivity index (χ3v) is 4.85. The second-order valence-corrected chi connectivity index (χ2v) is 7.35. The zero-order chi connectivity index (χ0) is 24.1. The number of hydrogen-bond donors (Lipinski definition) is 5. The first-order valence-electron chi connectivity index (χ1n) is 9.92. The van der Waals surface area contributed by atoms with E-state index in [1.54, 1.807) is 25.1 Å². The lowest BCUT2D eigenvalue weighted by Crippen LogP contribution is -2.41. The van der Waals surface area contributed by atoms with Crippen LogP contribution in [0, 0.1) is 12.7 Å². The molecular weight excluding hydrogens is 435 g/mol. The molecule has 172 valence electrons. The molecule has 2 aromatic carbocycles. The molecule has 10 nitrogen and oxygen atoms in total. The summed E-state index contributed by atoms with van der Waals surface area (Å²) in [6.07, 6.45) is -0.787. The van der Waals surface area contributed by atoms with Crippen LogP contribution >= 0.6 is 0 Å². The van der Waals surface area contributed by atoms with E-state index >= 15 is 0 Å². The molecule has 0 bridgehead atoms. The molecule has 0 fully saturated rings. The first-order chi connectivity index (χ1) is 15.6. The summed E-state index contributed by atoms with van der Waals surface area (Å²) in [7, 11) is 0. The maximum absolute atomic E-state index is 14.5. The van der Waals surface area contributed by atoms with Crippen molar-refractivity contribution in [1.29, 1.82) is 0 Å². The quantitative estimate of drug-likeness (QED) is 0.327. The van der Waals surface area contributed by atoms with E-state index < -0.39 is 36.1 Å². The number of aliphatic carboxylic acids is 2. The first kappa shape index (κ1) is 23.4. The minimum Gasteiger partial charge on any atom is -0.481 e. The second-order valence-electron chi connectivity index (χ2n) is 7.35. The van der Waals surface area contributed by atoms with E-state index in [0.717, 1.165) is 6.07 Å². The maximum Gasteiger partial charge on any atom is 0.326 e. The average Bonchev–Trinajstić information content (AvgIpc) is 2.74. The van der Waals surface area contributed by atoms with Gasteiger partial charge in [-0.2, -0.15) is 0 Å². The van der Waals surface area contributed by atoms with Gasteiger partial charge in [0.2, 0.25) is 0 Å². The Kier molecular flexibility index (Phi) is 7.01. The Balaban J connectivity index is 1.68. The van der Waals surface area contributed by atoms with Gasteiger partial charge in [0.25, 0.3) is 11.5 Å². The molecule has 0 aliphatic heterocycles. The van der Waals surface area contributed by atoms with E-state index in [-0.39, 0.29) is 24.1 Å². The lowest BCUT2D eigenvalue weighted by molar-refractivity contribution is -0.140. The van der Waals surface area contributed by atoms with E-state index in [0.29, 0.717) is 28.0 Å². The van der Waals surface area contributed by atoms with Crippen molar-refractivity contribution >= 4 is 34.4 Å². The van der Waals surface area contributed by atoms with E-state index in [1.165, 1.54) is 12.1 Å². The van der Waals surface area contributed by atoms with Crippen molar-refractivity contribution in [1.82, 2.24) is 15.3 Å². The van der Waals surface area contributed by atoms with Gasteiger partial charge in [0.1, 0.15) is 17.7 Å². The minimum atomic E-state index is -1.45. The highest BCUT2D eigenvalue weighted by molar-refractivity contribution is 5.97. The number of aromatic nitrogens is 2. The molecule has 1 amide bonds. The highest BCUT2D eigenvalue weighted by Crippen LogP contribution is 2.17. The summed E-state index contributed by atoms with van der Waals surface area (Å²) >= 11 is 0. The molecule has 0 spiro atoms. The van der Waals surface area contributed by atoms with Crippen molar-refractivity contribution < 1.29 is 29.0 Å². The fourth-order valence-electron chi connectivity index (χ4n) is 3.18. The number of aryl methyl sites for hydroxylation is 1. The van der Waals surface area contributed by atoms with Crippen molar-refractivity contribution in [3.05, 3.63) is 69.5 Å². The standard InChI is InChI=1S/C22H21FN4O6/c1-11-25-17-5-3-13(9-15(17)21(31)26-11)24-10-12-2-4-14(16(23)8-12)20(30)27-18(22(32)33)6-7-19(28)29/h2-5,8-9,18,24H,6-7,10H2,1H3,(H,27,30)(H,28,29)(H,32,33)(H,25,26,31)/t18-/m0/s1. The van der Waals surface area contributed by atoms with Gasteiger partial charge in [-0.05, 0) is 49.2 Å². The zero-order valence-electron chi connectivity index (χ0n) is 17.5. The predicted octanol–water partition coefficient (Wildman–Crippen LogP) is 2.03. The number of carboxylic acid groups (broad SMARTS) is 2. The Hall–Kier alpha value is -4.28. The monoisotopic (exact) mass is 456 g/mol. The lowest BCUT2D eigenvalue weighted by Gasteiger charge is -2.14. The SMILES string of the molecule is Cc1nc2ccc(NCc3ccc(C(=O)N[C@@H](CCC(=O)O)C(=O)O)c(F)c3)cc2c(=O)[nH]1. The molecule has 1 atom stereocenters. The van der Waals surface area contributed by atoms with Gasteiger partial charge in [-0.3, -0.25) is 14.4 Å². The Morgan fingerprint density at radius 2 is 1.91 bits per heavy atom. The number of aromatic amines is 1. The maximum atomic E-state index is 14.5. The molecule has 3 aromatic rings. The molecule has 3 rings (SSSR count). The van der Waals surface area contributed by atoms with Crippen molar-refractivity contribution in [2.45, 2.75) is 32.4 Å². The molecule has 0 unspecified atom stereocenters. The number of halogens is 1. The fourth-order valence-corrected chi connectivity index (χ4v) is 3.18. The van der Waals surface area contributed by atoms with Crippen LogP contribution in [-0.4, -0.2) is 44.1 Å². The van der Waals surface area contributed by atoms with Crippen LogP contribution in [0.3, 0.4) is 0 Å². The Morgan fingerprint density at radius 1 is 1.15 bits per heavy atom. The molecule has 11 heteroatoms. The minimum absolute atomic E-state index is 0.192. The molecule has 1 heterocycles. The first-order valence-corrected chi connectivity index (χ1v) is 9.92. The lowest BCUT2D eigenvalue weighted by atomic mass is 10.1. The van der Waals surface area contributed by atoms with Gasteiger partial charge in [0, 0.05) is 18.7 Å². The van der Waals surface area contributed by atoms with E-state index in [1.807, 2.05) is 0 Å². The topological polar surface area (TPSA) is 161 Å². The number of amides is 1. The van der Waals surface area contributed by atoms with Gasteiger partial charge < -0.3 is 25.8 Å². The third kappa shape index (κ3) is 5.91. The van der Waals surface area contributed by atoms with Crippen molar-refractivity contribution in [2.24, 2.45) is 0 Å². The number of nitrogens with one attached hydrogen (secondary N) is 3. The number of H-pyrrole nitrogens is 1. The third-order valence-electron chi connectivity index (χ3n) is 4.85. The zero-order valence-corrected chi connectivity index (χ0v) is 17.5. The van der Waals surface area contributed by atoms with Crippen LogP contribution in [0.4, 0.5) is 10.1 Å². The largest absolute Gasteiger partial charge is 0.481 e. The summed E-state index contributed by atoms with van der Waals surface area (Å²) in [6, 6.07) is 7.44. The second kappa shape index (κ2) is 9.90. The van der Waals surface area contributed by atoms with Gasteiger partial charge in [-0.1, -0.05) is 6.07 Å². The van der Waals surface area contributed by atoms with Crippen molar-refractivity contribution in [3.63, 3.8) is 0 Å². The molecule has 0 radical (unpaired) electrons. The molecular formula is C22H21FN4O6. The Labute approximate surface area is 186 Å². The number of anilines is 1. The Bertz CT molecular complexity index is 1290. The number of nitrogens with zero attached hydrogens (tertiary/aromatic N) is 1. The van der Waals surface area contributed by atoms with Gasteiger partial charge in [-0.25, -0.2) is 14.2 Å². The van der Waals surface area contributed by atoms with Crippen LogP contribution in [-0.2, 0) is 16.1 Å². The van der Waals surface area contributed by atoms with Gasteiger partial charge in [0.15, 0.2) is 0 Å². The number of carbonyl (C=O) groups is 3. The van der Waals surface area contributed by atoms with Gasteiger partial charge in [0.05, 0.1) is 16.5 Å². The number of hydrogen-bond acceptors (Lipinski definition) is 6. The molecule has 33 heavy (non-hydrogen) atoms. The summed E-state index contributed by atoms with van der Waals surface area (Å²) < 4.78 is 14.5. The summed E-state index contributed by atoms with van der Waals surface area (Å²) in [5.74, 6) is -3.93. The number of benzene rings is 2.